The highest BCUT2D eigenvalue weighted by atomic mass is 16.3. The van der Waals surface area contributed by atoms with E-state index in [4.69, 9.17) is 5.73 Å². The van der Waals surface area contributed by atoms with E-state index < -0.39 is 82.2 Å². The van der Waals surface area contributed by atoms with Gasteiger partial charge in [0, 0.05) is 23.8 Å². The number of fused-ring (bicyclic) bond motifs is 3. The molecule has 0 saturated heterocycles. The summed E-state index contributed by atoms with van der Waals surface area (Å²) < 4.78 is 0. The highest BCUT2D eigenvalue weighted by Crippen LogP contribution is 2.54. The number of unbranched alkanes of at least 4 members (excludes halogenated alkanes) is 1. The van der Waals surface area contributed by atoms with Gasteiger partial charge in [-0.25, -0.2) is 0 Å². The van der Waals surface area contributed by atoms with Crippen molar-refractivity contribution in [2.45, 2.75) is 75.9 Å². The van der Waals surface area contributed by atoms with Crippen LogP contribution in [0.15, 0.2) is 42.5 Å². The number of amides is 1. The highest BCUT2D eigenvalue weighted by molar-refractivity contribution is 6.31. The lowest BCUT2D eigenvalue weighted by Gasteiger charge is -2.53. The maximum atomic E-state index is 14.0. The van der Waals surface area contributed by atoms with Crippen molar-refractivity contribution in [3.8, 4) is 5.75 Å². The van der Waals surface area contributed by atoms with Gasteiger partial charge in [-0.1, -0.05) is 69.7 Å². The van der Waals surface area contributed by atoms with Crippen molar-refractivity contribution in [3.05, 3.63) is 64.7 Å². The molecule has 2 unspecified atom stereocenters. The Morgan fingerprint density at radius 2 is 1.69 bits per heavy atom. The number of carbonyl (C=O) groups excluding carboxylic acids is 5. The lowest BCUT2D eigenvalue weighted by atomic mass is 9.50. The minimum absolute atomic E-state index is 0.0630. The second-order valence-electron chi connectivity index (χ2n) is 12.8. The van der Waals surface area contributed by atoms with E-state index in [1.807, 2.05) is 32.0 Å². The fourth-order valence-electron chi connectivity index (χ4n) is 7.58. The first kappa shape index (κ1) is 29.8. The van der Waals surface area contributed by atoms with Gasteiger partial charge >= 0.3 is 0 Å². The summed E-state index contributed by atoms with van der Waals surface area (Å²) in [6.07, 6.45) is 1.26. The summed E-state index contributed by atoms with van der Waals surface area (Å²) in [5, 5.41) is 34.3. The molecule has 0 aromatic heterocycles. The molecular weight excluding hydrogens is 538 g/mol. The molecule has 42 heavy (non-hydrogen) atoms. The van der Waals surface area contributed by atoms with Crippen molar-refractivity contribution in [2.24, 2.45) is 29.4 Å². The fraction of sp³-hybridized carbons (Fsp3) is 0.485. The summed E-state index contributed by atoms with van der Waals surface area (Å²) in [7, 11) is 0. The van der Waals surface area contributed by atoms with Gasteiger partial charge < -0.3 is 21.1 Å². The van der Waals surface area contributed by atoms with Crippen LogP contribution in [-0.2, 0) is 31.0 Å². The number of aliphatic hydroxyl groups is 2. The molecule has 5 rings (SSSR count). The zero-order valence-corrected chi connectivity index (χ0v) is 24.0. The van der Waals surface area contributed by atoms with Crippen LogP contribution in [-0.4, -0.2) is 56.1 Å². The van der Waals surface area contributed by atoms with Gasteiger partial charge in [0.1, 0.15) is 5.75 Å². The first-order valence-electron chi connectivity index (χ1n) is 14.5. The summed E-state index contributed by atoms with van der Waals surface area (Å²) in [6, 6.07) is 13.6. The minimum Gasteiger partial charge on any atom is -0.507 e. The van der Waals surface area contributed by atoms with Gasteiger partial charge in [0.15, 0.2) is 34.7 Å². The normalized spacial score (nSPS) is 30.9. The number of phenols is 1. The summed E-state index contributed by atoms with van der Waals surface area (Å²) in [4.78, 5) is 65.5. The lowest BCUT2D eigenvalue weighted by Crippen LogP contribution is -2.72. The molecule has 0 bridgehead atoms. The van der Waals surface area contributed by atoms with Gasteiger partial charge in [-0.3, -0.25) is 24.0 Å². The molecule has 0 heterocycles. The topological polar surface area (TPSA) is 172 Å². The van der Waals surface area contributed by atoms with E-state index in [0.717, 1.165) is 25.7 Å². The van der Waals surface area contributed by atoms with Gasteiger partial charge in [0.05, 0.1) is 17.6 Å². The number of rotatable bonds is 7. The van der Waals surface area contributed by atoms with Crippen LogP contribution >= 0.6 is 0 Å². The number of benzene rings is 2. The van der Waals surface area contributed by atoms with Crippen molar-refractivity contribution in [2.75, 3.05) is 0 Å². The molecule has 2 saturated carbocycles. The molecule has 0 spiro atoms. The predicted octanol–water partition coefficient (Wildman–Crippen LogP) is 2.55. The zero-order chi connectivity index (χ0) is 30.7. The van der Waals surface area contributed by atoms with E-state index in [0.29, 0.717) is 11.1 Å². The van der Waals surface area contributed by atoms with Crippen LogP contribution < -0.4 is 5.73 Å². The summed E-state index contributed by atoms with van der Waals surface area (Å²) in [5.41, 5.74) is 3.95. The van der Waals surface area contributed by atoms with Gasteiger partial charge in [-0.15, -0.1) is 0 Å². The molecular formula is C33H37NO8. The Morgan fingerprint density at radius 3 is 2.33 bits per heavy atom. The van der Waals surface area contributed by atoms with Crippen LogP contribution in [0.5, 0.6) is 5.75 Å². The van der Waals surface area contributed by atoms with E-state index in [2.05, 4.69) is 12.1 Å². The van der Waals surface area contributed by atoms with E-state index in [-0.39, 0.29) is 11.3 Å². The van der Waals surface area contributed by atoms with Crippen LogP contribution in [0.4, 0.5) is 0 Å². The molecule has 222 valence electrons. The van der Waals surface area contributed by atoms with Gasteiger partial charge in [-0.2, -0.15) is 0 Å². The average molecular weight is 576 g/mol. The van der Waals surface area contributed by atoms with E-state index >= 15 is 0 Å². The molecule has 0 aliphatic heterocycles. The monoisotopic (exact) mass is 575 g/mol. The Bertz CT molecular complexity index is 1480. The molecule has 2 fully saturated rings. The smallest absolute Gasteiger partial charge is 0.235 e. The van der Waals surface area contributed by atoms with Gasteiger partial charge in [-0.05, 0) is 41.7 Å². The number of phenolic OH excluding ortho intramolecular Hbond substituents is 1. The van der Waals surface area contributed by atoms with E-state index in [1.54, 1.807) is 19.1 Å². The Kier molecular flexibility index (Phi) is 7.48. The first-order chi connectivity index (χ1) is 19.7. The van der Waals surface area contributed by atoms with Crippen molar-refractivity contribution >= 4 is 29.0 Å². The van der Waals surface area contributed by atoms with Crippen LogP contribution in [0.1, 0.15) is 79.4 Å². The number of aliphatic hydroxyl groups excluding tert-OH is 1. The highest BCUT2D eigenvalue weighted by Gasteiger charge is 2.69. The Balaban J connectivity index is 1.47. The van der Waals surface area contributed by atoms with E-state index in [1.165, 1.54) is 5.56 Å². The van der Waals surface area contributed by atoms with Crippen molar-refractivity contribution in [3.63, 3.8) is 0 Å². The average Bonchev–Trinajstić information content (AvgIpc) is 2.93. The molecule has 9 heteroatoms. The number of Topliss-reactive ketones (excluding diaryl/α,β-unsaturated/α-hetero) is 4. The third kappa shape index (κ3) is 4.41. The fourth-order valence-corrected chi connectivity index (χ4v) is 7.58. The maximum absolute atomic E-state index is 14.0. The van der Waals surface area contributed by atoms with Gasteiger partial charge in [0.2, 0.25) is 5.91 Å². The van der Waals surface area contributed by atoms with Crippen LogP contribution in [0.25, 0.3) is 0 Å². The Labute approximate surface area is 244 Å². The van der Waals surface area contributed by atoms with Crippen molar-refractivity contribution < 1.29 is 39.3 Å². The number of nitrogens with two attached hydrogens (primary N) is 1. The van der Waals surface area contributed by atoms with Crippen LogP contribution in [0, 0.1) is 23.7 Å². The third-order valence-corrected chi connectivity index (χ3v) is 9.95. The quantitative estimate of drug-likeness (QED) is 0.288. The molecule has 7 atom stereocenters. The maximum Gasteiger partial charge on any atom is 0.235 e. The molecule has 5 N–H and O–H groups in total. The predicted molar refractivity (Wildman–Crippen MR) is 152 cm³/mol. The lowest BCUT2D eigenvalue weighted by molar-refractivity contribution is -0.189. The molecule has 9 nitrogen and oxygen atoms in total. The number of primary amides is 1. The zero-order valence-electron chi connectivity index (χ0n) is 24.0. The summed E-state index contributed by atoms with van der Waals surface area (Å²) in [6.45, 7) is 5.65. The summed E-state index contributed by atoms with van der Waals surface area (Å²) >= 11 is 0. The third-order valence-electron chi connectivity index (χ3n) is 9.95. The van der Waals surface area contributed by atoms with E-state index in [9.17, 15) is 39.3 Å². The Hall–Kier alpha value is -3.69. The number of hydrogen-bond acceptors (Lipinski definition) is 8. The molecule has 2 aromatic rings. The summed E-state index contributed by atoms with van der Waals surface area (Å²) in [5.74, 6) is -12.7. The Morgan fingerprint density at radius 1 is 1.02 bits per heavy atom. The van der Waals surface area contributed by atoms with Gasteiger partial charge in [0.25, 0.3) is 0 Å². The van der Waals surface area contributed by atoms with Crippen molar-refractivity contribution in [1.29, 1.82) is 0 Å². The van der Waals surface area contributed by atoms with Crippen LogP contribution in [0.2, 0.25) is 0 Å². The first-order valence-corrected chi connectivity index (χ1v) is 14.5. The second-order valence-corrected chi connectivity index (χ2v) is 12.8. The molecule has 2 aromatic carbocycles. The standard InChI is InChI=1S/C33H37NO8/c1-16-18-12-13-19(32(2,3)14-8-7-11-17-9-5-4-6-10-17)26(36)23(18)28(38)25-22(16)27(37)20-15-21(35)24(31(34)41)29(39)33(20,42)30(25)40/h4-6,9-10,12-13,16,20,22,24-25,27,36-37,42H,7-8,11,14-15H2,1-3H3,(H2,34,41)/t16-,20+,22+,24?,25?,27+,33+/m0/s1. The molecule has 3 aliphatic carbocycles. The number of aryl methyl sites for hydroxylation is 1. The SMILES string of the molecule is C[C@H]1c2ccc(C(C)(C)CCCCc3ccccc3)c(O)c2C(=O)C2C(=O)[C@]3(O)C(=O)C(C(N)=O)C(=O)C[C@@H]3[C@@H](O)[C@@H]21. The number of aromatic hydroxyl groups is 1. The minimum atomic E-state index is -2.92. The van der Waals surface area contributed by atoms with Crippen LogP contribution in [0.3, 0.4) is 0 Å². The number of hydrogen-bond donors (Lipinski definition) is 4. The molecule has 1 amide bonds. The van der Waals surface area contributed by atoms with Crippen molar-refractivity contribution in [1.82, 2.24) is 0 Å². The second kappa shape index (κ2) is 10.5. The molecule has 3 aliphatic rings. The molecule has 0 radical (unpaired) electrons. The largest absolute Gasteiger partial charge is 0.507 e. The number of carbonyl (C=O) groups is 5. The number of ketones is 4.